The van der Waals surface area contributed by atoms with Crippen LogP contribution in [-0.2, 0) is 16.9 Å². The average Bonchev–Trinajstić information content (AvgIpc) is 3.09. The quantitative estimate of drug-likeness (QED) is 0.664. The van der Waals surface area contributed by atoms with Crippen LogP contribution < -0.4 is 11.1 Å². The predicted octanol–water partition coefficient (Wildman–Crippen LogP) is 3.92. The fourth-order valence-electron chi connectivity index (χ4n) is 4.16. The molecule has 162 valence electrons. The Labute approximate surface area is 179 Å². The second-order valence-electron chi connectivity index (χ2n) is 8.18. The summed E-state index contributed by atoms with van der Waals surface area (Å²) >= 11 is 0. The minimum atomic E-state index is -0.694. The molecule has 0 saturated heterocycles. The number of carbonyl (C=O) groups excluding carboxylic acids is 1. The van der Waals surface area contributed by atoms with Crippen LogP contribution in [0.2, 0.25) is 0 Å². The number of amides is 1. The molecule has 1 aromatic heterocycles. The zero-order valence-electron chi connectivity index (χ0n) is 17.7. The summed E-state index contributed by atoms with van der Waals surface area (Å²) in [6, 6.07) is 10.6. The fraction of sp³-hybridized carbons (Fsp3) is 0.304. The number of halogens is 2. The number of carbonyl (C=O) groups is 1. The van der Waals surface area contributed by atoms with Crippen LogP contribution >= 0.6 is 0 Å². The molecule has 0 unspecified atom stereocenters. The summed E-state index contributed by atoms with van der Waals surface area (Å²) in [4.78, 5) is 19.1. The van der Waals surface area contributed by atoms with Crippen molar-refractivity contribution in [1.29, 1.82) is 0 Å². The van der Waals surface area contributed by atoms with Gasteiger partial charge in [0.05, 0.1) is 12.1 Å². The maximum Gasteiger partial charge on any atom is 0.237 e. The Morgan fingerprint density at radius 2 is 1.81 bits per heavy atom. The number of nitrogens with zero attached hydrogens (tertiary/aromatic N) is 3. The van der Waals surface area contributed by atoms with Gasteiger partial charge < -0.3 is 20.5 Å². The van der Waals surface area contributed by atoms with Crippen molar-refractivity contribution >= 4 is 17.4 Å². The van der Waals surface area contributed by atoms with E-state index in [9.17, 15) is 13.6 Å². The molecule has 0 bridgehead atoms. The molecule has 0 atom stereocenters. The lowest BCUT2D eigenvalue weighted by atomic mass is 9.99. The summed E-state index contributed by atoms with van der Waals surface area (Å²) in [7, 11) is 0. The second kappa shape index (κ2) is 7.77. The van der Waals surface area contributed by atoms with E-state index >= 15 is 0 Å². The molecule has 0 spiro atoms. The number of aromatic nitrogens is 2. The molecule has 1 aliphatic heterocycles. The number of benzene rings is 2. The van der Waals surface area contributed by atoms with Crippen LogP contribution in [0.1, 0.15) is 25.2 Å². The van der Waals surface area contributed by atoms with Crippen molar-refractivity contribution in [2.24, 2.45) is 5.73 Å². The first-order chi connectivity index (χ1) is 14.7. The van der Waals surface area contributed by atoms with E-state index in [2.05, 4.69) is 5.32 Å². The monoisotopic (exact) mass is 425 g/mol. The van der Waals surface area contributed by atoms with Gasteiger partial charge in [-0.3, -0.25) is 4.79 Å². The molecule has 3 aromatic rings. The minimum Gasteiger partial charge on any atom is -0.340 e. The molecule has 0 saturated carbocycles. The van der Waals surface area contributed by atoms with Gasteiger partial charge in [-0.05, 0) is 68.8 Å². The third-order valence-corrected chi connectivity index (χ3v) is 5.76. The van der Waals surface area contributed by atoms with Gasteiger partial charge in [0, 0.05) is 24.3 Å². The van der Waals surface area contributed by atoms with Gasteiger partial charge >= 0.3 is 0 Å². The molecule has 0 fully saturated rings. The van der Waals surface area contributed by atoms with Crippen molar-refractivity contribution in [3.8, 4) is 11.3 Å². The first kappa shape index (κ1) is 21.0. The number of nitrogens with two attached hydrogens (primary N) is 1. The van der Waals surface area contributed by atoms with Gasteiger partial charge in [0.25, 0.3) is 0 Å². The van der Waals surface area contributed by atoms with Crippen LogP contribution in [0.3, 0.4) is 0 Å². The number of nitrogens with one attached hydrogen (secondary N) is 1. The molecule has 2 heterocycles. The summed E-state index contributed by atoms with van der Waals surface area (Å²) in [5, 5.41) is 3.36. The van der Waals surface area contributed by atoms with E-state index in [1.54, 1.807) is 23.1 Å². The lowest BCUT2D eigenvalue weighted by Gasteiger charge is -2.42. The lowest BCUT2D eigenvalue weighted by Crippen LogP contribution is -2.53. The lowest BCUT2D eigenvalue weighted by molar-refractivity contribution is -0.137. The van der Waals surface area contributed by atoms with Crippen LogP contribution in [-0.4, -0.2) is 33.4 Å². The van der Waals surface area contributed by atoms with E-state index in [0.29, 0.717) is 36.1 Å². The van der Waals surface area contributed by atoms with Gasteiger partial charge in [-0.15, -0.1) is 0 Å². The number of aryl methyl sites for hydroxylation is 1. The fourth-order valence-corrected chi connectivity index (χ4v) is 4.16. The standard InChI is InChI=1S/C23H25F2N5O/c1-14-12-16(25)6-9-18(14)20-21(27-17-7-4-15(24)5-8-17)29-10-11-30(19(31)13-26)23(2,3)22(29)28-20/h4-9,12,27H,10-11,13,26H2,1-3H3. The van der Waals surface area contributed by atoms with Crippen molar-refractivity contribution < 1.29 is 13.6 Å². The third kappa shape index (κ3) is 3.67. The third-order valence-electron chi connectivity index (χ3n) is 5.76. The van der Waals surface area contributed by atoms with Crippen molar-refractivity contribution in [2.75, 3.05) is 18.4 Å². The topological polar surface area (TPSA) is 76.2 Å². The van der Waals surface area contributed by atoms with Crippen molar-refractivity contribution in [1.82, 2.24) is 14.5 Å². The first-order valence-electron chi connectivity index (χ1n) is 10.1. The van der Waals surface area contributed by atoms with Crippen molar-refractivity contribution in [3.63, 3.8) is 0 Å². The molecule has 0 aliphatic carbocycles. The van der Waals surface area contributed by atoms with Crippen LogP contribution in [0.4, 0.5) is 20.3 Å². The van der Waals surface area contributed by atoms with E-state index in [1.165, 1.54) is 24.3 Å². The van der Waals surface area contributed by atoms with Gasteiger partial charge in [0.2, 0.25) is 5.91 Å². The van der Waals surface area contributed by atoms with Gasteiger partial charge in [-0.1, -0.05) is 0 Å². The van der Waals surface area contributed by atoms with Crippen LogP contribution in [0.15, 0.2) is 42.5 Å². The summed E-state index contributed by atoms with van der Waals surface area (Å²) < 4.78 is 29.2. The highest BCUT2D eigenvalue weighted by Crippen LogP contribution is 2.40. The van der Waals surface area contributed by atoms with E-state index in [1.807, 2.05) is 25.3 Å². The Morgan fingerprint density at radius 3 is 2.45 bits per heavy atom. The number of imidazole rings is 1. The average molecular weight is 425 g/mol. The molecule has 31 heavy (non-hydrogen) atoms. The minimum absolute atomic E-state index is 0.0747. The smallest absolute Gasteiger partial charge is 0.237 e. The van der Waals surface area contributed by atoms with Gasteiger partial charge in [-0.25, -0.2) is 13.8 Å². The zero-order valence-corrected chi connectivity index (χ0v) is 17.7. The van der Waals surface area contributed by atoms with E-state index < -0.39 is 5.54 Å². The summed E-state index contributed by atoms with van der Waals surface area (Å²) in [6.07, 6.45) is 0. The Bertz CT molecular complexity index is 1140. The number of hydrogen-bond acceptors (Lipinski definition) is 4. The molecule has 2 aromatic carbocycles. The molecule has 0 radical (unpaired) electrons. The molecular formula is C23H25F2N5O. The first-order valence-corrected chi connectivity index (χ1v) is 10.1. The summed E-state index contributed by atoms with van der Waals surface area (Å²) in [5.74, 6) is 0.616. The predicted molar refractivity (Wildman–Crippen MR) is 116 cm³/mol. The summed E-state index contributed by atoms with van der Waals surface area (Å²) in [5.41, 5.74) is 7.79. The molecule has 8 heteroatoms. The highest BCUT2D eigenvalue weighted by molar-refractivity contribution is 5.81. The molecule has 3 N–H and O–H groups in total. The Morgan fingerprint density at radius 1 is 1.13 bits per heavy atom. The maximum absolute atomic E-state index is 13.7. The molecular weight excluding hydrogens is 400 g/mol. The van der Waals surface area contributed by atoms with Gasteiger partial charge in [0.1, 0.15) is 29.0 Å². The molecule has 4 rings (SSSR count). The largest absolute Gasteiger partial charge is 0.340 e. The van der Waals surface area contributed by atoms with Crippen LogP contribution in [0.25, 0.3) is 11.3 Å². The molecule has 1 aliphatic rings. The number of anilines is 2. The van der Waals surface area contributed by atoms with Crippen LogP contribution in [0.5, 0.6) is 0 Å². The number of hydrogen-bond donors (Lipinski definition) is 2. The van der Waals surface area contributed by atoms with Gasteiger partial charge in [-0.2, -0.15) is 0 Å². The Hall–Kier alpha value is -3.26. The SMILES string of the molecule is Cc1cc(F)ccc1-c1nc2n(c1Nc1ccc(F)cc1)CCN(C(=O)CN)C2(C)C. The Balaban J connectivity index is 1.89. The highest BCUT2D eigenvalue weighted by Gasteiger charge is 2.41. The van der Waals surface area contributed by atoms with Gasteiger partial charge in [0.15, 0.2) is 0 Å². The van der Waals surface area contributed by atoms with Crippen molar-refractivity contribution in [3.05, 3.63) is 65.5 Å². The summed E-state index contributed by atoms with van der Waals surface area (Å²) in [6.45, 7) is 6.61. The van der Waals surface area contributed by atoms with E-state index in [4.69, 9.17) is 10.7 Å². The van der Waals surface area contributed by atoms with E-state index in [0.717, 1.165) is 11.1 Å². The second-order valence-corrected chi connectivity index (χ2v) is 8.18. The number of rotatable bonds is 4. The number of fused-ring (bicyclic) bond motifs is 1. The molecule has 1 amide bonds. The van der Waals surface area contributed by atoms with E-state index in [-0.39, 0.29) is 24.1 Å². The maximum atomic E-state index is 13.7. The Kier molecular flexibility index (Phi) is 5.26. The zero-order chi connectivity index (χ0) is 22.3. The normalized spacial score (nSPS) is 15.0. The molecule has 6 nitrogen and oxygen atoms in total. The highest BCUT2D eigenvalue weighted by atomic mass is 19.1. The van der Waals surface area contributed by atoms with Crippen LogP contribution in [0, 0.1) is 18.6 Å². The van der Waals surface area contributed by atoms with Crippen molar-refractivity contribution in [2.45, 2.75) is 32.9 Å².